The molecule has 8 heavy (non-hydrogen) atoms. The summed E-state index contributed by atoms with van der Waals surface area (Å²) in [7, 11) is 0. The Morgan fingerprint density at radius 2 is 2.50 bits per heavy atom. The molecular weight excluding hydrogens is 186 g/mol. The summed E-state index contributed by atoms with van der Waals surface area (Å²) < 4.78 is 0.940. The van der Waals surface area contributed by atoms with Crippen LogP contribution in [0.5, 0.6) is 0 Å². The first-order valence-corrected chi connectivity index (χ1v) is 3.62. The van der Waals surface area contributed by atoms with Crippen molar-refractivity contribution in [2.75, 3.05) is 6.54 Å². The predicted octanol–water partition coefficient (Wildman–Crippen LogP) is 1.83. The maximum Gasteiger partial charge on any atom is 0.0788 e. The Balaban J connectivity index is 3.44. The summed E-state index contributed by atoms with van der Waals surface area (Å²) in [6.07, 6.45) is 1.79. The van der Waals surface area contributed by atoms with E-state index in [1.807, 2.05) is 6.92 Å². The van der Waals surface area contributed by atoms with E-state index in [1.54, 1.807) is 11.4 Å². The van der Waals surface area contributed by atoms with Crippen LogP contribution in [0.15, 0.2) is 10.7 Å². The van der Waals surface area contributed by atoms with E-state index in [9.17, 15) is 0 Å². The molecule has 0 aliphatic heterocycles. The van der Waals surface area contributed by atoms with E-state index in [2.05, 4.69) is 33.5 Å². The van der Waals surface area contributed by atoms with Crippen molar-refractivity contribution < 1.29 is 0 Å². The SMILES string of the molecule is CCNC(Br)=CC=S. The van der Waals surface area contributed by atoms with Crippen LogP contribution in [0.25, 0.3) is 0 Å². The molecule has 0 amide bonds. The Morgan fingerprint density at radius 1 is 1.88 bits per heavy atom. The minimum Gasteiger partial charge on any atom is -0.380 e. The van der Waals surface area contributed by atoms with E-state index < -0.39 is 0 Å². The maximum atomic E-state index is 4.57. The predicted molar refractivity (Wildman–Crippen MR) is 44.3 cm³/mol. The van der Waals surface area contributed by atoms with E-state index in [0.29, 0.717) is 0 Å². The third-order valence-corrected chi connectivity index (χ3v) is 1.24. The minimum atomic E-state index is 0.917. The lowest BCUT2D eigenvalue weighted by molar-refractivity contribution is 0.910. The molecule has 0 unspecified atom stereocenters. The zero-order chi connectivity index (χ0) is 6.41. The summed E-state index contributed by atoms with van der Waals surface area (Å²) in [6, 6.07) is 0. The van der Waals surface area contributed by atoms with Gasteiger partial charge in [-0.25, -0.2) is 0 Å². The molecule has 0 saturated heterocycles. The third-order valence-electron chi connectivity index (χ3n) is 0.560. The smallest absolute Gasteiger partial charge is 0.0788 e. The van der Waals surface area contributed by atoms with Crippen LogP contribution >= 0.6 is 28.1 Å². The molecule has 0 heterocycles. The van der Waals surface area contributed by atoms with Gasteiger partial charge in [-0.2, -0.15) is 0 Å². The van der Waals surface area contributed by atoms with Crippen molar-refractivity contribution in [2.24, 2.45) is 0 Å². The molecule has 0 bridgehead atoms. The van der Waals surface area contributed by atoms with E-state index in [-0.39, 0.29) is 0 Å². The van der Waals surface area contributed by atoms with Crippen LogP contribution in [0.1, 0.15) is 6.92 Å². The van der Waals surface area contributed by atoms with Gasteiger partial charge in [-0.3, -0.25) is 0 Å². The Morgan fingerprint density at radius 3 is 2.88 bits per heavy atom. The molecule has 1 nitrogen and oxygen atoms in total. The van der Waals surface area contributed by atoms with Crippen molar-refractivity contribution in [1.29, 1.82) is 0 Å². The van der Waals surface area contributed by atoms with Crippen LogP contribution < -0.4 is 5.32 Å². The molecule has 0 aromatic carbocycles. The van der Waals surface area contributed by atoms with Gasteiger partial charge in [-0.05, 0) is 28.9 Å². The molecule has 0 saturated carbocycles. The fourth-order valence-electron chi connectivity index (χ4n) is 0.288. The van der Waals surface area contributed by atoms with Crippen LogP contribution in [0.2, 0.25) is 0 Å². The Hall–Kier alpha value is 0.110. The number of thiocarbonyl (C=S) groups is 1. The lowest BCUT2D eigenvalue weighted by Crippen LogP contribution is -2.06. The summed E-state index contributed by atoms with van der Waals surface area (Å²) in [5.41, 5.74) is 0. The second-order valence-corrected chi connectivity index (χ2v) is 2.31. The van der Waals surface area contributed by atoms with E-state index in [1.165, 1.54) is 0 Å². The van der Waals surface area contributed by atoms with Crippen molar-refractivity contribution >= 4 is 33.5 Å². The van der Waals surface area contributed by atoms with Crippen LogP contribution in [-0.4, -0.2) is 11.9 Å². The average molecular weight is 194 g/mol. The van der Waals surface area contributed by atoms with Gasteiger partial charge in [0.15, 0.2) is 0 Å². The zero-order valence-corrected chi connectivity index (χ0v) is 7.05. The Kier molecular flexibility index (Phi) is 5.32. The molecule has 0 spiro atoms. The molecule has 0 rings (SSSR count). The summed E-state index contributed by atoms with van der Waals surface area (Å²) in [6.45, 7) is 2.94. The number of nitrogens with one attached hydrogen (secondary N) is 1. The molecule has 3 heteroatoms. The van der Waals surface area contributed by atoms with Gasteiger partial charge in [0.2, 0.25) is 0 Å². The molecule has 0 atom stereocenters. The van der Waals surface area contributed by atoms with E-state index in [0.717, 1.165) is 11.2 Å². The number of hydrogen-bond acceptors (Lipinski definition) is 2. The van der Waals surface area contributed by atoms with Crippen molar-refractivity contribution in [1.82, 2.24) is 5.32 Å². The summed E-state index contributed by atoms with van der Waals surface area (Å²) in [5.74, 6) is 0. The quantitative estimate of drug-likeness (QED) is 0.418. The van der Waals surface area contributed by atoms with Gasteiger partial charge in [0.25, 0.3) is 0 Å². The summed E-state index contributed by atoms with van der Waals surface area (Å²) in [4.78, 5) is 0. The summed E-state index contributed by atoms with van der Waals surface area (Å²) in [5, 5.41) is 4.59. The topological polar surface area (TPSA) is 12.0 Å². The number of halogens is 1. The van der Waals surface area contributed by atoms with Crippen LogP contribution in [0.4, 0.5) is 0 Å². The highest BCUT2D eigenvalue weighted by Crippen LogP contribution is 1.95. The van der Waals surface area contributed by atoms with Gasteiger partial charge in [0, 0.05) is 11.9 Å². The van der Waals surface area contributed by atoms with Gasteiger partial charge < -0.3 is 5.32 Å². The second kappa shape index (κ2) is 5.25. The molecule has 0 fully saturated rings. The maximum absolute atomic E-state index is 4.57. The zero-order valence-electron chi connectivity index (χ0n) is 4.65. The lowest BCUT2D eigenvalue weighted by atomic mass is 10.6. The first-order valence-electron chi connectivity index (χ1n) is 2.36. The molecule has 0 radical (unpaired) electrons. The number of rotatable bonds is 3. The largest absolute Gasteiger partial charge is 0.380 e. The minimum absolute atomic E-state index is 0.917. The molecule has 0 aliphatic carbocycles. The lowest BCUT2D eigenvalue weighted by Gasteiger charge is -1.95. The van der Waals surface area contributed by atoms with Crippen LogP contribution in [0, 0.1) is 0 Å². The third kappa shape index (κ3) is 4.27. The van der Waals surface area contributed by atoms with Crippen LogP contribution in [-0.2, 0) is 0 Å². The second-order valence-electron chi connectivity index (χ2n) is 1.18. The monoisotopic (exact) mass is 193 g/mol. The van der Waals surface area contributed by atoms with E-state index in [4.69, 9.17) is 0 Å². The number of allylic oxidation sites excluding steroid dienone is 1. The Bertz CT molecular complexity index is 101. The highest BCUT2D eigenvalue weighted by Gasteiger charge is 1.80. The van der Waals surface area contributed by atoms with Crippen molar-refractivity contribution in [3.05, 3.63) is 10.7 Å². The standard InChI is InChI=1S/C5H8BrNS/c1-2-7-5(6)3-4-8/h3-4,7H,2H2,1H3. The molecule has 0 aromatic rings. The highest BCUT2D eigenvalue weighted by atomic mass is 79.9. The molecule has 46 valence electrons. The van der Waals surface area contributed by atoms with Gasteiger partial charge in [0.1, 0.15) is 0 Å². The highest BCUT2D eigenvalue weighted by molar-refractivity contribution is 9.11. The molecule has 1 N–H and O–H groups in total. The van der Waals surface area contributed by atoms with Crippen LogP contribution in [0.3, 0.4) is 0 Å². The molecule has 0 aromatic heterocycles. The van der Waals surface area contributed by atoms with Gasteiger partial charge in [-0.15, -0.1) is 0 Å². The normalized spacial score (nSPS) is 11.0. The Labute approximate surface area is 63.3 Å². The van der Waals surface area contributed by atoms with Gasteiger partial charge in [-0.1, -0.05) is 12.2 Å². The molecular formula is C5H8BrNS. The van der Waals surface area contributed by atoms with Gasteiger partial charge in [0.05, 0.1) is 4.61 Å². The van der Waals surface area contributed by atoms with E-state index >= 15 is 0 Å². The van der Waals surface area contributed by atoms with Crippen molar-refractivity contribution in [2.45, 2.75) is 6.92 Å². The van der Waals surface area contributed by atoms with Crippen molar-refractivity contribution in [3.63, 3.8) is 0 Å². The summed E-state index contributed by atoms with van der Waals surface area (Å²) >= 11 is 7.82. The number of hydrogen-bond donors (Lipinski definition) is 1. The fraction of sp³-hybridized carbons (Fsp3) is 0.400. The first kappa shape index (κ1) is 8.11. The fourth-order valence-corrected chi connectivity index (χ4v) is 1.01. The molecule has 0 aliphatic rings. The van der Waals surface area contributed by atoms with Gasteiger partial charge >= 0.3 is 0 Å². The van der Waals surface area contributed by atoms with Crippen molar-refractivity contribution in [3.8, 4) is 0 Å². The average Bonchev–Trinajstić information content (AvgIpc) is 1.68. The first-order chi connectivity index (χ1) is 3.81.